The molecule has 2 atom stereocenters. The Morgan fingerprint density at radius 3 is 2.77 bits per heavy atom. The van der Waals surface area contributed by atoms with Crippen LogP contribution in [0.5, 0.6) is 0 Å². The number of hydrogen-bond acceptors (Lipinski definition) is 4. The van der Waals surface area contributed by atoms with Crippen LogP contribution >= 0.6 is 24.2 Å². The third-order valence-corrected chi connectivity index (χ3v) is 5.26. The SMILES string of the molecule is CCC1CCCN(C(C)(C)CNC(=O)[C@@H](N)CCSC)C1.Cl. The molecule has 1 amide bonds. The number of amides is 1. The molecule has 0 aromatic rings. The number of likely N-dealkylation sites (tertiary alicyclic amines) is 1. The number of carbonyl (C=O) groups excluding carboxylic acids is 1. The first-order chi connectivity index (χ1) is 9.90. The maximum Gasteiger partial charge on any atom is 0.237 e. The Balaban J connectivity index is 0.00000441. The first-order valence-corrected chi connectivity index (χ1v) is 9.57. The van der Waals surface area contributed by atoms with Gasteiger partial charge in [-0.15, -0.1) is 12.4 Å². The van der Waals surface area contributed by atoms with Gasteiger partial charge in [0.1, 0.15) is 0 Å². The second-order valence-electron chi connectivity index (χ2n) is 6.78. The lowest BCUT2D eigenvalue weighted by Gasteiger charge is -2.43. The van der Waals surface area contributed by atoms with E-state index in [0.717, 1.165) is 31.2 Å². The molecule has 1 fully saturated rings. The fourth-order valence-corrected chi connectivity index (χ4v) is 3.36. The zero-order valence-corrected chi connectivity index (χ0v) is 16.2. The minimum atomic E-state index is -0.377. The Bertz CT molecular complexity index is 329. The Kier molecular flexibility index (Phi) is 10.8. The van der Waals surface area contributed by atoms with Crippen molar-refractivity contribution in [1.29, 1.82) is 0 Å². The molecule has 1 aliphatic rings. The van der Waals surface area contributed by atoms with Crippen LogP contribution in [0, 0.1) is 5.92 Å². The molecule has 0 bridgehead atoms. The van der Waals surface area contributed by atoms with Crippen molar-refractivity contribution in [1.82, 2.24) is 10.2 Å². The first kappa shape index (κ1) is 22.0. The van der Waals surface area contributed by atoms with Gasteiger partial charge in [-0.2, -0.15) is 11.8 Å². The van der Waals surface area contributed by atoms with Gasteiger partial charge < -0.3 is 11.1 Å². The Hall–Kier alpha value is 0.0300. The molecule has 3 N–H and O–H groups in total. The minimum Gasteiger partial charge on any atom is -0.353 e. The lowest BCUT2D eigenvalue weighted by Crippen LogP contribution is -2.56. The van der Waals surface area contributed by atoms with Crippen molar-refractivity contribution >= 4 is 30.1 Å². The zero-order chi connectivity index (χ0) is 15.9. The number of nitrogens with zero attached hydrogens (tertiary/aromatic N) is 1. The molecule has 132 valence electrons. The third-order valence-electron chi connectivity index (χ3n) is 4.62. The van der Waals surface area contributed by atoms with Crippen molar-refractivity contribution in [2.24, 2.45) is 11.7 Å². The lowest BCUT2D eigenvalue weighted by molar-refractivity contribution is -0.123. The van der Waals surface area contributed by atoms with E-state index < -0.39 is 0 Å². The number of halogens is 1. The smallest absolute Gasteiger partial charge is 0.237 e. The number of hydrogen-bond donors (Lipinski definition) is 2. The van der Waals surface area contributed by atoms with Crippen molar-refractivity contribution < 1.29 is 4.79 Å². The zero-order valence-electron chi connectivity index (χ0n) is 14.6. The molecule has 1 saturated heterocycles. The summed E-state index contributed by atoms with van der Waals surface area (Å²) in [7, 11) is 0. The summed E-state index contributed by atoms with van der Waals surface area (Å²) in [6.07, 6.45) is 6.64. The number of nitrogens with two attached hydrogens (primary N) is 1. The fourth-order valence-electron chi connectivity index (χ4n) is 2.87. The summed E-state index contributed by atoms with van der Waals surface area (Å²) in [4.78, 5) is 14.6. The van der Waals surface area contributed by atoms with Gasteiger partial charge in [0.2, 0.25) is 5.91 Å². The predicted octanol–water partition coefficient (Wildman–Crippen LogP) is 2.51. The third kappa shape index (κ3) is 7.07. The first-order valence-electron chi connectivity index (χ1n) is 8.18. The second kappa shape index (κ2) is 10.7. The van der Waals surface area contributed by atoms with Crippen molar-refractivity contribution in [2.45, 2.75) is 58.0 Å². The minimum absolute atomic E-state index is 0. The van der Waals surface area contributed by atoms with E-state index in [1.165, 1.54) is 19.3 Å². The number of carbonyl (C=O) groups is 1. The van der Waals surface area contributed by atoms with Crippen LogP contribution in [0.4, 0.5) is 0 Å². The Morgan fingerprint density at radius 2 is 2.18 bits per heavy atom. The topological polar surface area (TPSA) is 58.4 Å². The largest absolute Gasteiger partial charge is 0.353 e. The van der Waals surface area contributed by atoms with Gasteiger partial charge in [-0.25, -0.2) is 0 Å². The van der Waals surface area contributed by atoms with Crippen LogP contribution < -0.4 is 11.1 Å². The average molecular weight is 352 g/mol. The van der Waals surface area contributed by atoms with E-state index >= 15 is 0 Å². The summed E-state index contributed by atoms with van der Waals surface area (Å²) in [6, 6.07) is -0.377. The van der Waals surface area contributed by atoms with Crippen LogP contribution in [-0.4, -0.2) is 54.0 Å². The molecule has 1 rings (SSSR count). The molecule has 1 aliphatic heterocycles. The van der Waals surface area contributed by atoms with E-state index in [9.17, 15) is 4.79 Å². The maximum atomic E-state index is 12.0. The molecular formula is C16H34ClN3OS. The maximum absolute atomic E-state index is 12.0. The Morgan fingerprint density at radius 1 is 1.50 bits per heavy atom. The normalized spacial score (nSPS) is 21.0. The van der Waals surface area contributed by atoms with Crippen LogP contribution in [-0.2, 0) is 4.79 Å². The van der Waals surface area contributed by atoms with Gasteiger partial charge in [-0.05, 0) is 57.6 Å². The van der Waals surface area contributed by atoms with Crippen molar-refractivity contribution in [3.05, 3.63) is 0 Å². The standard InChI is InChI=1S/C16H33N3OS.ClH/c1-5-13-7-6-9-19(11-13)16(2,3)12-18-15(20)14(17)8-10-21-4;/h13-14H,5-12,17H2,1-4H3,(H,18,20);1H/t13?,14-;/m0./s1. The number of piperidine rings is 1. The van der Waals surface area contributed by atoms with Crippen LogP contribution in [0.3, 0.4) is 0 Å². The summed E-state index contributed by atoms with van der Waals surface area (Å²) in [5.74, 6) is 1.72. The summed E-state index contributed by atoms with van der Waals surface area (Å²) in [5.41, 5.74) is 5.92. The molecule has 6 heteroatoms. The number of nitrogens with one attached hydrogen (secondary N) is 1. The van der Waals surface area contributed by atoms with Gasteiger partial charge >= 0.3 is 0 Å². The Labute approximate surface area is 146 Å². The summed E-state index contributed by atoms with van der Waals surface area (Å²) >= 11 is 1.73. The van der Waals surface area contributed by atoms with E-state index in [0.29, 0.717) is 6.54 Å². The molecule has 1 unspecified atom stereocenters. The molecule has 4 nitrogen and oxygen atoms in total. The quantitative estimate of drug-likeness (QED) is 0.705. The summed E-state index contributed by atoms with van der Waals surface area (Å²) in [5, 5.41) is 3.05. The molecule has 0 aromatic carbocycles. The van der Waals surface area contributed by atoms with Crippen molar-refractivity contribution in [3.63, 3.8) is 0 Å². The second-order valence-corrected chi connectivity index (χ2v) is 7.77. The highest BCUT2D eigenvalue weighted by Crippen LogP contribution is 2.25. The predicted molar refractivity (Wildman–Crippen MR) is 99.9 cm³/mol. The molecule has 0 radical (unpaired) electrons. The van der Waals surface area contributed by atoms with Gasteiger partial charge in [0.25, 0.3) is 0 Å². The molecule has 1 heterocycles. The highest BCUT2D eigenvalue weighted by Gasteiger charge is 2.31. The monoisotopic (exact) mass is 351 g/mol. The van der Waals surface area contributed by atoms with Crippen LogP contribution in [0.25, 0.3) is 0 Å². The van der Waals surface area contributed by atoms with Crippen molar-refractivity contribution in [3.8, 4) is 0 Å². The fraction of sp³-hybridized carbons (Fsp3) is 0.938. The van der Waals surface area contributed by atoms with Crippen LogP contribution in [0.1, 0.15) is 46.5 Å². The number of rotatable bonds is 8. The lowest BCUT2D eigenvalue weighted by atomic mass is 9.91. The van der Waals surface area contributed by atoms with E-state index in [4.69, 9.17) is 5.73 Å². The van der Waals surface area contributed by atoms with Gasteiger partial charge in [-0.3, -0.25) is 9.69 Å². The molecule has 22 heavy (non-hydrogen) atoms. The molecule has 0 aromatic heterocycles. The van der Waals surface area contributed by atoms with E-state index in [2.05, 4.69) is 31.0 Å². The molecular weight excluding hydrogens is 318 g/mol. The van der Waals surface area contributed by atoms with Crippen LogP contribution in [0.2, 0.25) is 0 Å². The molecule has 0 aliphatic carbocycles. The van der Waals surface area contributed by atoms with Crippen molar-refractivity contribution in [2.75, 3.05) is 31.6 Å². The van der Waals surface area contributed by atoms with Gasteiger partial charge in [-0.1, -0.05) is 13.3 Å². The van der Waals surface area contributed by atoms with E-state index in [1.54, 1.807) is 11.8 Å². The van der Waals surface area contributed by atoms with E-state index in [1.807, 2.05) is 6.26 Å². The van der Waals surface area contributed by atoms with Gasteiger partial charge in [0.15, 0.2) is 0 Å². The van der Waals surface area contributed by atoms with E-state index in [-0.39, 0.29) is 29.9 Å². The molecule has 0 spiro atoms. The van der Waals surface area contributed by atoms with Crippen LogP contribution in [0.15, 0.2) is 0 Å². The number of thioether (sulfide) groups is 1. The van der Waals surface area contributed by atoms with Gasteiger partial charge in [0, 0.05) is 18.6 Å². The summed E-state index contributed by atoms with van der Waals surface area (Å²) < 4.78 is 0. The highest BCUT2D eigenvalue weighted by atomic mass is 35.5. The highest BCUT2D eigenvalue weighted by molar-refractivity contribution is 7.98. The average Bonchev–Trinajstić information content (AvgIpc) is 2.50. The summed E-state index contributed by atoms with van der Waals surface area (Å²) in [6.45, 7) is 9.68. The van der Waals surface area contributed by atoms with Gasteiger partial charge in [0.05, 0.1) is 6.04 Å². The molecule has 0 saturated carbocycles.